The van der Waals surface area contributed by atoms with E-state index in [9.17, 15) is 4.79 Å². The Bertz CT molecular complexity index is 235. The number of rotatable bonds is 6. The van der Waals surface area contributed by atoms with Gasteiger partial charge in [0, 0.05) is 26.2 Å². The third kappa shape index (κ3) is 9.24. The number of hydrogen-bond donors (Lipinski definition) is 0. The van der Waals surface area contributed by atoms with E-state index < -0.39 is 5.60 Å². The van der Waals surface area contributed by atoms with Crippen LogP contribution in [0.2, 0.25) is 0 Å². The molecule has 0 aliphatic carbocycles. The summed E-state index contributed by atoms with van der Waals surface area (Å²) < 4.78 is 5.41. The van der Waals surface area contributed by atoms with Crippen molar-refractivity contribution in [2.45, 2.75) is 26.4 Å². The first kappa shape index (κ1) is 17.2. The van der Waals surface area contributed by atoms with Gasteiger partial charge < -0.3 is 19.4 Å². The summed E-state index contributed by atoms with van der Waals surface area (Å²) >= 11 is 0. The van der Waals surface area contributed by atoms with E-state index in [4.69, 9.17) is 4.74 Å². The highest BCUT2D eigenvalue weighted by atomic mass is 16.6. The number of carbonyl (C=O) groups excluding carboxylic acids is 1. The van der Waals surface area contributed by atoms with Crippen molar-refractivity contribution in [3.8, 4) is 0 Å². The number of amides is 1. The van der Waals surface area contributed by atoms with Gasteiger partial charge in [-0.2, -0.15) is 0 Å². The van der Waals surface area contributed by atoms with Crippen LogP contribution in [0.4, 0.5) is 4.79 Å². The van der Waals surface area contributed by atoms with Crippen molar-refractivity contribution in [3.63, 3.8) is 0 Å². The highest BCUT2D eigenvalue weighted by Gasteiger charge is 2.21. The molecular weight excluding hydrogens is 230 g/mol. The quantitative estimate of drug-likeness (QED) is 0.721. The van der Waals surface area contributed by atoms with Crippen LogP contribution in [0.15, 0.2) is 0 Å². The molecule has 0 aromatic heterocycles. The third-order valence-electron chi connectivity index (χ3n) is 2.29. The summed E-state index contributed by atoms with van der Waals surface area (Å²) in [6.07, 6.45) is -0.230. The van der Waals surface area contributed by atoms with Crippen molar-refractivity contribution in [1.29, 1.82) is 0 Å². The molecule has 0 aliphatic heterocycles. The lowest BCUT2D eigenvalue weighted by molar-refractivity contribution is 0.0230. The van der Waals surface area contributed by atoms with E-state index in [2.05, 4.69) is 9.80 Å². The summed E-state index contributed by atoms with van der Waals surface area (Å²) in [6, 6.07) is 0. The molecule has 0 aromatic carbocycles. The Morgan fingerprint density at radius 3 is 1.56 bits per heavy atom. The number of carbonyl (C=O) groups is 1. The lowest BCUT2D eigenvalue weighted by atomic mass is 10.2. The molecule has 0 unspecified atom stereocenters. The van der Waals surface area contributed by atoms with E-state index in [1.807, 2.05) is 49.0 Å². The molecule has 0 bridgehead atoms. The van der Waals surface area contributed by atoms with Gasteiger partial charge >= 0.3 is 6.09 Å². The number of ether oxygens (including phenoxy) is 1. The summed E-state index contributed by atoms with van der Waals surface area (Å²) in [5.74, 6) is 0. The summed E-state index contributed by atoms with van der Waals surface area (Å²) in [5, 5.41) is 0. The van der Waals surface area contributed by atoms with Gasteiger partial charge in [-0.1, -0.05) is 0 Å². The minimum Gasteiger partial charge on any atom is -0.444 e. The van der Waals surface area contributed by atoms with Crippen molar-refractivity contribution in [2.75, 3.05) is 54.4 Å². The average Bonchev–Trinajstić information content (AvgIpc) is 2.13. The third-order valence-corrected chi connectivity index (χ3v) is 2.29. The maximum atomic E-state index is 12.1. The molecule has 1 amide bonds. The van der Waals surface area contributed by atoms with Crippen LogP contribution in [0.3, 0.4) is 0 Å². The molecule has 0 heterocycles. The van der Waals surface area contributed by atoms with Crippen LogP contribution in [-0.4, -0.2) is 80.8 Å². The molecule has 0 saturated heterocycles. The van der Waals surface area contributed by atoms with E-state index in [0.717, 1.165) is 13.1 Å². The van der Waals surface area contributed by atoms with Gasteiger partial charge in [-0.05, 0) is 49.0 Å². The number of nitrogens with zero attached hydrogens (tertiary/aromatic N) is 3. The first-order chi connectivity index (χ1) is 8.11. The number of hydrogen-bond acceptors (Lipinski definition) is 4. The zero-order valence-corrected chi connectivity index (χ0v) is 13.0. The second kappa shape index (κ2) is 7.59. The van der Waals surface area contributed by atoms with Gasteiger partial charge in [0.05, 0.1) is 0 Å². The summed E-state index contributed by atoms with van der Waals surface area (Å²) in [4.78, 5) is 17.9. The molecule has 0 fully saturated rings. The van der Waals surface area contributed by atoms with Crippen LogP contribution >= 0.6 is 0 Å². The molecular formula is C13H29N3O2. The van der Waals surface area contributed by atoms with Crippen molar-refractivity contribution < 1.29 is 9.53 Å². The first-order valence-electron chi connectivity index (χ1n) is 6.39. The van der Waals surface area contributed by atoms with Crippen molar-refractivity contribution in [3.05, 3.63) is 0 Å². The fourth-order valence-corrected chi connectivity index (χ4v) is 1.26. The molecule has 5 nitrogen and oxygen atoms in total. The highest BCUT2D eigenvalue weighted by molar-refractivity contribution is 5.68. The van der Waals surface area contributed by atoms with E-state index in [0.29, 0.717) is 13.1 Å². The zero-order valence-electron chi connectivity index (χ0n) is 13.0. The maximum Gasteiger partial charge on any atom is 0.410 e. The van der Waals surface area contributed by atoms with Crippen molar-refractivity contribution >= 4 is 6.09 Å². The fraction of sp³-hybridized carbons (Fsp3) is 0.923. The molecule has 0 N–H and O–H groups in total. The van der Waals surface area contributed by atoms with Crippen LogP contribution in [-0.2, 0) is 4.74 Å². The van der Waals surface area contributed by atoms with E-state index in [1.54, 1.807) is 4.90 Å². The predicted octanol–water partition coefficient (Wildman–Crippen LogP) is 1.35. The van der Waals surface area contributed by atoms with Gasteiger partial charge in [0.15, 0.2) is 0 Å². The van der Waals surface area contributed by atoms with Crippen molar-refractivity contribution in [2.24, 2.45) is 0 Å². The predicted molar refractivity (Wildman–Crippen MR) is 74.9 cm³/mol. The molecule has 0 radical (unpaired) electrons. The van der Waals surface area contributed by atoms with Gasteiger partial charge in [0.2, 0.25) is 0 Å². The molecule has 5 heteroatoms. The molecule has 108 valence electrons. The molecule has 0 aromatic rings. The Hall–Kier alpha value is -0.810. The molecule has 18 heavy (non-hydrogen) atoms. The lowest BCUT2D eigenvalue weighted by Crippen LogP contribution is -2.43. The zero-order chi connectivity index (χ0) is 14.3. The topological polar surface area (TPSA) is 36.0 Å². The summed E-state index contributed by atoms with van der Waals surface area (Å²) in [5.41, 5.74) is -0.439. The minimum atomic E-state index is -0.439. The summed E-state index contributed by atoms with van der Waals surface area (Å²) in [7, 11) is 8.00. The molecule has 0 aliphatic rings. The Labute approximate surface area is 112 Å². The monoisotopic (exact) mass is 259 g/mol. The van der Waals surface area contributed by atoms with Gasteiger partial charge in [0.1, 0.15) is 5.60 Å². The van der Waals surface area contributed by atoms with Crippen molar-refractivity contribution in [1.82, 2.24) is 14.7 Å². The Kier molecular flexibility index (Phi) is 7.25. The highest BCUT2D eigenvalue weighted by Crippen LogP contribution is 2.09. The number of likely N-dealkylation sites (N-methyl/N-ethyl adjacent to an activating group) is 2. The minimum absolute atomic E-state index is 0.230. The van der Waals surface area contributed by atoms with Crippen LogP contribution in [0, 0.1) is 0 Å². The first-order valence-corrected chi connectivity index (χ1v) is 6.39. The Balaban J connectivity index is 4.39. The SMILES string of the molecule is CN(C)CCN(CCN(C)C)C(=O)OC(C)(C)C. The van der Waals surface area contributed by atoms with Crippen LogP contribution < -0.4 is 0 Å². The summed E-state index contributed by atoms with van der Waals surface area (Å²) in [6.45, 7) is 8.73. The Morgan fingerprint density at radius 2 is 1.28 bits per heavy atom. The molecule has 0 saturated carbocycles. The fourth-order valence-electron chi connectivity index (χ4n) is 1.26. The Morgan fingerprint density at radius 1 is 0.889 bits per heavy atom. The molecule has 0 spiro atoms. The normalized spacial score (nSPS) is 12.1. The van der Waals surface area contributed by atoms with Crippen LogP contribution in [0.25, 0.3) is 0 Å². The average molecular weight is 259 g/mol. The lowest BCUT2D eigenvalue weighted by Gasteiger charge is -2.29. The standard InChI is InChI=1S/C13H29N3O2/c1-13(2,3)18-12(17)16(10-8-14(4)5)11-9-15(6)7/h8-11H2,1-7H3. The van der Waals surface area contributed by atoms with E-state index >= 15 is 0 Å². The smallest absolute Gasteiger partial charge is 0.410 e. The van der Waals surface area contributed by atoms with Gasteiger partial charge in [0.25, 0.3) is 0 Å². The second-order valence-electron chi connectivity index (χ2n) is 6.07. The van der Waals surface area contributed by atoms with Crippen LogP contribution in [0.5, 0.6) is 0 Å². The maximum absolute atomic E-state index is 12.1. The molecule has 0 rings (SSSR count). The largest absolute Gasteiger partial charge is 0.444 e. The van der Waals surface area contributed by atoms with E-state index in [-0.39, 0.29) is 6.09 Å². The van der Waals surface area contributed by atoms with E-state index in [1.165, 1.54) is 0 Å². The van der Waals surface area contributed by atoms with Gasteiger partial charge in [-0.25, -0.2) is 4.79 Å². The van der Waals surface area contributed by atoms with Crippen LogP contribution in [0.1, 0.15) is 20.8 Å². The van der Waals surface area contributed by atoms with Gasteiger partial charge in [-0.3, -0.25) is 0 Å². The van der Waals surface area contributed by atoms with Gasteiger partial charge in [-0.15, -0.1) is 0 Å². The molecule has 0 atom stereocenters. The second-order valence-corrected chi connectivity index (χ2v) is 6.07.